The number of benzene rings is 1. The molecule has 1 fully saturated rings. The first-order valence-electron chi connectivity index (χ1n) is 10.9. The Balaban J connectivity index is 0.00000110. The second kappa shape index (κ2) is 10.9. The summed E-state index contributed by atoms with van der Waals surface area (Å²) in [6.45, 7) is 2.90. The van der Waals surface area contributed by atoms with E-state index in [2.05, 4.69) is 34.2 Å². The van der Waals surface area contributed by atoms with Crippen LogP contribution in [-0.2, 0) is 21.2 Å². The minimum absolute atomic E-state index is 0. The van der Waals surface area contributed by atoms with Crippen LogP contribution in [0.1, 0.15) is 34.6 Å². The van der Waals surface area contributed by atoms with E-state index in [-0.39, 0.29) is 13.8 Å². The molecule has 1 aromatic heterocycles. The van der Waals surface area contributed by atoms with Gasteiger partial charge >= 0.3 is 0 Å². The van der Waals surface area contributed by atoms with Crippen molar-refractivity contribution < 1.29 is 16.0 Å². The van der Waals surface area contributed by atoms with Gasteiger partial charge in [0.05, 0.1) is 6.54 Å². The van der Waals surface area contributed by atoms with Gasteiger partial charge in [-0.15, -0.1) is 0 Å². The highest BCUT2D eigenvalue weighted by atomic mass is 32.2. The third-order valence-corrected chi connectivity index (χ3v) is 7.81. The molecule has 0 amide bonds. The zero-order chi connectivity index (χ0) is 23.1. The summed E-state index contributed by atoms with van der Waals surface area (Å²) in [6.07, 6.45) is 7.28. The van der Waals surface area contributed by atoms with Gasteiger partial charge in [0.2, 0.25) is 10.0 Å². The molecule has 1 aliphatic heterocycles. The number of pyridine rings is 1. The van der Waals surface area contributed by atoms with E-state index in [1.807, 2.05) is 29.4 Å². The smallest absolute Gasteiger partial charge is 0.244 e. The molecule has 7 nitrogen and oxygen atoms in total. The molecule has 1 aliphatic carbocycles. The van der Waals surface area contributed by atoms with E-state index < -0.39 is 10.0 Å². The summed E-state index contributed by atoms with van der Waals surface area (Å²) in [4.78, 5) is 4.67. The Hall–Kier alpha value is -2.42. The van der Waals surface area contributed by atoms with Gasteiger partial charge in [-0.1, -0.05) is 37.3 Å². The first-order valence-corrected chi connectivity index (χ1v) is 12.4. The molecule has 1 saturated carbocycles. The van der Waals surface area contributed by atoms with Crippen LogP contribution < -0.4 is 10.4 Å². The van der Waals surface area contributed by atoms with Crippen LogP contribution in [0, 0.1) is 5.92 Å². The van der Waals surface area contributed by atoms with E-state index in [4.69, 9.17) is 0 Å². The Labute approximate surface area is 195 Å². The SMILES string of the molecule is COC.C[C@H]1CC[C@@H](N(C)S(=O)(=O)c2ccc(N3CC(Cc4ccccc4)=CN3)nc2)C1.[HH].[HH]. The maximum atomic E-state index is 13.0. The van der Waals surface area contributed by atoms with Gasteiger partial charge in [-0.25, -0.2) is 13.4 Å². The minimum atomic E-state index is -3.52. The van der Waals surface area contributed by atoms with Crippen molar-refractivity contribution in [3.8, 4) is 0 Å². The number of hydrazine groups is 1. The molecule has 32 heavy (non-hydrogen) atoms. The van der Waals surface area contributed by atoms with Gasteiger partial charge in [0, 0.05) is 42.6 Å². The number of hydrogen-bond acceptors (Lipinski definition) is 6. The predicted molar refractivity (Wildman–Crippen MR) is 132 cm³/mol. The van der Waals surface area contributed by atoms with Crippen molar-refractivity contribution in [2.75, 3.05) is 32.8 Å². The van der Waals surface area contributed by atoms with Crippen LogP contribution in [-0.4, -0.2) is 51.6 Å². The molecule has 1 N–H and O–H groups in total. The van der Waals surface area contributed by atoms with Gasteiger partial charge in [0.15, 0.2) is 0 Å². The van der Waals surface area contributed by atoms with Crippen molar-refractivity contribution in [3.05, 3.63) is 66.0 Å². The van der Waals surface area contributed by atoms with Crippen molar-refractivity contribution in [2.45, 2.75) is 43.5 Å². The highest BCUT2D eigenvalue weighted by Crippen LogP contribution is 2.31. The van der Waals surface area contributed by atoms with Gasteiger partial charge in [-0.3, -0.25) is 5.01 Å². The lowest BCUT2D eigenvalue weighted by Crippen LogP contribution is -2.35. The maximum absolute atomic E-state index is 13.0. The Kier molecular flexibility index (Phi) is 8.28. The number of rotatable bonds is 6. The first kappa shape index (κ1) is 24.2. The highest BCUT2D eigenvalue weighted by Gasteiger charge is 2.32. The third-order valence-electron chi connectivity index (χ3n) is 5.92. The zero-order valence-corrected chi connectivity index (χ0v) is 20.2. The Morgan fingerprint density at radius 3 is 2.50 bits per heavy atom. The number of nitrogens with one attached hydrogen (secondary N) is 1. The molecule has 2 atom stereocenters. The Bertz CT molecular complexity index is 1000. The summed E-state index contributed by atoms with van der Waals surface area (Å²) < 4.78 is 31.7. The van der Waals surface area contributed by atoms with Crippen LogP contribution in [0.2, 0.25) is 0 Å². The Morgan fingerprint density at radius 1 is 1.19 bits per heavy atom. The molecule has 0 bridgehead atoms. The second-order valence-corrected chi connectivity index (χ2v) is 10.5. The first-order chi connectivity index (χ1) is 15.3. The number of aromatic nitrogens is 1. The summed E-state index contributed by atoms with van der Waals surface area (Å²) in [5.74, 6) is 1.29. The molecular formula is C24H38N4O3S. The van der Waals surface area contributed by atoms with Crippen LogP contribution >= 0.6 is 0 Å². The van der Waals surface area contributed by atoms with Crippen LogP contribution in [0.25, 0.3) is 0 Å². The number of anilines is 1. The molecule has 2 aromatic rings. The van der Waals surface area contributed by atoms with Gasteiger partial charge in [-0.2, -0.15) is 4.31 Å². The zero-order valence-electron chi connectivity index (χ0n) is 19.4. The fourth-order valence-corrected chi connectivity index (χ4v) is 5.47. The summed E-state index contributed by atoms with van der Waals surface area (Å²) in [5, 5.41) is 1.93. The van der Waals surface area contributed by atoms with Crippen molar-refractivity contribution in [1.82, 2.24) is 14.7 Å². The van der Waals surface area contributed by atoms with Crippen molar-refractivity contribution in [2.24, 2.45) is 5.92 Å². The molecule has 0 saturated heterocycles. The lowest BCUT2D eigenvalue weighted by atomic mass is 10.1. The van der Waals surface area contributed by atoms with Gasteiger partial charge in [0.25, 0.3) is 0 Å². The molecule has 0 unspecified atom stereocenters. The number of hydrogen-bond donors (Lipinski definition) is 1. The molecule has 4 rings (SSSR count). The standard InChI is InChI=1S/C22H28N4O2S.C2H6O.2H2/c1-17-8-9-20(12-17)25(2)29(27,28)21-10-11-22(23-15-21)26-16-19(14-24-26)13-18-6-4-3-5-7-18;1-3-2;;/h3-7,10-11,14-15,17,20,24H,8-9,12-13,16H2,1-2H3;1-2H3;2*1H/t17-,20+;;;/m0.../s1. The van der Waals surface area contributed by atoms with E-state index in [9.17, 15) is 8.42 Å². The fraction of sp³-hybridized carbons (Fsp3) is 0.458. The van der Waals surface area contributed by atoms with Crippen molar-refractivity contribution in [3.63, 3.8) is 0 Å². The molecule has 178 valence electrons. The summed E-state index contributed by atoms with van der Waals surface area (Å²) in [7, 11) is 1.42. The summed E-state index contributed by atoms with van der Waals surface area (Å²) in [5.41, 5.74) is 5.74. The number of methoxy groups -OCH3 is 1. The molecule has 8 heteroatoms. The van der Waals surface area contributed by atoms with Crippen molar-refractivity contribution in [1.29, 1.82) is 0 Å². The predicted octanol–water partition coefficient (Wildman–Crippen LogP) is 4.10. The fourth-order valence-electron chi connectivity index (χ4n) is 4.13. The second-order valence-electron chi connectivity index (χ2n) is 8.53. The lowest BCUT2D eigenvalue weighted by Gasteiger charge is -2.24. The molecule has 0 spiro atoms. The van der Waals surface area contributed by atoms with Crippen LogP contribution in [0.4, 0.5) is 5.82 Å². The molecular weight excluding hydrogens is 424 g/mol. The largest absolute Gasteiger partial charge is 0.388 e. The van der Waals surface area contributed by atoms with E-state index in [1.165, 1.54) is 21.6 Å². The van der Waals surface area contributed by atoms with Crippen LogP contribution in [0.15, 0.2) is 65.3 Å². The van der Waals surface area contributed by atoms with Gasteiger partial charge in [-0.05, 0) is 54.9 Å². The molecule has 2 heterocycles. The number of ether oxygens (including phenoxy) is 1. The normalized spacial score (nSPS) is 20.5. The number of sulfonamides is 1. The average molecular weight is 463 g/mol. The third kappa shape index (κ3) is 5.88. The quantitative estimate of drug-likeness (QED) is 0.697. The summed E-state index contributed by atoms with van der Waals surface area (Å²) in [6, 6.07) is 13.8. The maximum Gasteiger partial charge on any atom is 0.244 e. The van der Waals surface area contributed by atoms with E-state index in [0.29, 0.717) is 18.3 Å². The Morgan fingerprint density at radius 2 is 1.91 bits per heavy atom. The van der Waals surface area contributed by atoms with Gasteiger partial charge in [0.1, 0.15) is 10.7 Å². The van der Waals surface area contributed by atoms with Crippen LogP contribution in [0.5, 0.6) is 0 Å². The minimum Gasteiger partial charge on any atom is -0.388 e. The van der Waals surface area contributed by atoms with Crippen LogP contribution in [0.3, 0.4) is 0 Å². The van der Waals surface area contributed by atoms with E-state index in [1.54, 1.807) is 33.4 Å². The topological polar surface area (TPSA) is 74.8 Å². The average Bonchev–Trinajstić information content (AvgIpc) is 3.44. The number of nitrogens with zero attached hydrogens (tertiary/aromatic N) is 3. The van der Waals surface area contributed by atoms with Gasteiger partial charge < -0.3 is 10.2 Å². The highest BCUT2D eigenvalue weighted by molar-refractivity contribution is 7.89. The molecule has 1 aromatic carbocycles. The molecule has 0 radical (unpaired) electrons. The van der Waals surface area contributed by atoms with Crippen molar-refractivity contribution >= 4 is 15.8 Å². The summed E-state index contributed by atoms with van der Waals surface area (Å²) >= 11 is 0. The molecule has 2 aliphatic rings. The van der Waals surface area contributed by atoms with E-state index in [0.717, 1.165) is 25.7 Å². The monoisotopic (exact) mass is 462 g/mol. The van der Waals surface area contributed by atoms with E-state index >= 15 is 0 Å². The lowest BCUT2D eigenvalue weighted by molar-refractivity contribution is 0.277.